The van der Waals surface area contributed by atoms with Gasteiger partial charge in [-0.05, 0) is 44.5 Å². The molecule has 1 N–H and O–H groups in total. The molecule has 0 fully saturated rings. The quantitative estimate of drug-likeness (QED) is 0.848. The zero-order valence-electron chi connectivity index (χ0n) is 11.0. The van der Waals surface area contributed by atoms with Gasteiger partial charge in [-0.1, -0.05) is 12.1 Å². The van der Waals surface area contributed by atoms with Crippen molar-refractivity contribution in [3.63, 3.8) is 0 Å². The molecule has 0 aliphatic carbocycles. The van der Waals surface area contributed by atoms with Crippen molar-refractivity contribution in [3.8, 4) is 11.8 Å². The molecule has 1 rings (SSSR count). The fourth-order valence-corrected chi connectivity index (χ4v) is 1.70. The van der Waals surface area contributed by atoms with Crippen LogP contribution in [-0.2, 0) is 0 Å². The largest absolute Gasteiger partial charge is 0.493 e. The molecular weight excluding hydrogens is 212 g/mol. The van der Waals surface area contributed by atoms with E-state index in [0.29, 0.717) is 13.0 Å². The van der Waals surface area contributed by atoms with Gasteiger partial charge >= 0.3 is 0 Å². The Labute approximate surface area is 103 Å². The summed E-state index contributed by atoms with van der Waals surface area (Å²) in [6, 6.07) is 6.22. The van der Waals surface area contributed by atoms with Crippen LogP contribution in [0.2, 0.25) is 0 Å². The highest BCUT2D eigenvalue weighted by Gasteiger charge is 2.08. The minimum Gasteiger partial charge on any atom is -0.493 e. The first-order valence-electron chi connectivity index (χ1n) is 5.86. The van der Waals surface area contributed by atoms with Crippen LogP contribution in [0.4, 0.5) is 0 Å². The average Bonchev–Trinajstić information content (AvgIpc) is 2.33. The Bertz CT molecular complexity index is 421. The molecule has 3 nitrogen and oxygen atoms in total. The molecule has 0 spiro atoms. The molecule has 0 aliphatic heterocycles. The Morgan fingerprint density at radius 3 is 2.53 bits per heavy atom. The normalized spacial score (nSPS) is 11.9. The van der Waals surface area contributed by atoms with Gasteiger partial charge in [-0.3, -0.25) is 0 Å². The van der Waals surface area contributed by atoms with Crippen LogP contribution < -0.4 is 10.1 Å². The second-order valence-corrected chi connectivity index (χ2v) is 4.26. The predicted octanol–water partition coefficient (Wildman–Crippen LogP) is 2.49. The van der Waals surface area contributed by atoms with Crippen LogP contribution in [0.1, 0.15) is 23.1 Å². The lowest BCUT2D eigenvalue weighted by Crippen LogP contribution is -2.25. The second kappa shape index (κ2) is 6.27. The lowest BCUT2D eigenvalue weighted by atomic mass is 10.1. The minimum atomic E-state index is -0.138. The summed E-state index contributed by atoms with van der Waals surface area (Å²) in [4.78, 5) is 0. The summed E-state index contributed by atoms with van der Waals surface area (Å²) in [6.45, 7) is 6.75. The van der Waals surface area contributed by atoms with Crippen LogP contribution in [-0.4, -0.2) is 19.7 Å². The monoisotopic (exact) mass is 232 g/mol. The number of benzene rings is 1. The maximum Gasteiger partial charge on any atom is 0.125 e. The minimum absolute atomic E-state index is 0.138. The van der Waals surface area contributed by atoms with Crippen molar-refractivity contribution < 1.29 is 4.74 Å². The molecule has 1 unspecified atom stereocenters. The SMILES string of the molecule is CNC(C#N)CCOc1c(C)ccc(C)c1C. The van der Waals surface area contributed by atoms with E-state index >= 15 is 0 Å². The number of nitrogens with one attached hydrogen (secondary N) is 1. The van der Waals surface area contributed by atoms with Gasteiger partial charge in [-0.15, -0.1) is 0 Å². The standard InChI is InChI=1S/C14H20N2O/c1-10-5-6-11(2)14(12(10)3)17-8-7-13(9-15)16-4/h5-6,13,16H,7-8H2,1-4H3. The van der Waals surface area contributed by atoms with Gasteiger partial charge in [-0.2, -0.15) is 5.26 Å². The third kappa shape index (κ3) is 3.47. The molecule has 3 heteroatoms. The lowest BCUT2D eigenvalue weighted by Gasteiger charge is -2.15. The summed E-state index contributed by atoms with van der Waals surface area (Å²) in [5.74, 6) is 0.956. The smallest absolute Gasteiger partial charge is 0.125 e. The summed E-state index contributed by atoms with van der Waals surface area (Å²) in [5.41, 5.74) is 3.56. The highest BCUT2D eigenvalue weighted by Crippen LogP contribution is 2.25. The molecular formula is C14H20N2O. The molecule has 1 aromatic carbocycles. The van der Waals surface area contributed by atoms with Crippen LogP contribution in [0.5, 0.6) is 5.75 Å². The number of aryl methyl sites for hydroxylation is 2. The Balaban J connectivity index is 2.64. The van der Waals surface area contributed by atoms with E-state index in [9.17, 15) is 0 Å². The highest BCUT2D eigenvalue weighted by molar-refractivity contribution is 5.44. The Kier molecular flexibility index (Phi) is 4.99. The van der Waals surface area contributed by atoms with Gasteiger partial charge in [0.25, 0.3) is 0 Å². The number of rotatable bonds is 5. The highest BCUT2D eigenvalue weighted by atomic mass is 16.5. The van der Waals surface area contributed by atoms with E-state index in [-0.39, 0.29) is 6.04 Å². The third-order valence-corrected chi connectivity index (χ3v) is 3.03. The van der Waals surface area contributed by atoms with E-state index < -0.39 is 0 Å². The zero-order chi connectivity index (χ0) is 12.8. The van der Waals surface area contributed by atoms with Gasteiger partial charge in [-0.25, -0.2) is 0 Å². The number of nitrogens with zero attached hydrogens (tertiary/aromatic N) is 1. The maximum atomic E-state index is 8.81. The van der Waals surface area contributed by atoms with E-state index in [1.807, 2.05) is 6.92 Å². The van der Waals surface area contributed by atoms with E-state index in [0.717, 1.165) is 11.3 Å². The molecule has 1 aromatic rings. The van der Waals surface area contributed by atoms with E-state index in [1.165, 1.54) is 11.1 Å². The van der Waals surface area contributed by atoms with E-state index in [2.05, 4.69) is 37.4 Å². The van der Waals surface area contributed by atoms with Crippen molar-refractivity contribution >= 4 is 0 Å². The van der Waals surface area contributed by atoms with Crippen molar-refractivity contribution in [3.05, 3.63) is 28.8 Å². The van der Waals surface area contributed by atoms with Crippen LogP contribution in [0, 0.1) is 32.1 Å². The molecule has 0 amide bonds. The molecule has 92 valence electrons. The molecule has 17 heavy (non-hydrogen) atoms. The van der Waals surface area contributed by atoms with Crippen LogP contribution in [0.3, 0.4) is 0 Å². The summed E-state index contributed by atoms with van der Waals surface area (Å²) in [5, 5.41) is 11.7. The van der Waals surface area contributed by atoms with Gasteiger partial charge in [0.1, 0.15) is 5.75 Å². The van der Waals surface area contributed by atoms with Crippen LogP contribution in [0.25, 0.3) is 0 Å². The first-order chi connectivity index (χ1) is 8.10. The summed E-state index contributed by atoms with van der Waals surface area (Å²) >= 11 is 0. The molecule has 1 atom stereocenters. The first kappa shape index (κ1) is 13.5. The van der Waals surface area contributed by atoms with Crippen molar-refractivity contribution in [2.24, 2.45) is 0 Å². The Morgan fingerprint density at radius 2 is 1.94 bits per heavy atom. The summed E-state index contributed by atoms with van der Waals surface area (Å²) in [6.07, 6.45) is 0.694. The van der Waals surface area contributed by atoms with Crippen LogP contribution >= 0.6 is 0 Å². The Morgan fingerprint density at radius 1 is 1.29 bits per heavy atom. The topological polar surface area (TPSA) is 45.0 Å². The molecule has 0 radical (unpaired) electrons. The molecule has 0 saturated heterocycles. The zero-order valence-corrected chi connectivity index (χ0v) is 11.0. The van der Waals surface area contributed by atoms with E-state index in [1.54, 1.807) is 7.05 Å². The second-order valence-electron chi connectivity index (χ2n) is 4.26. The van der Waals surface area contributed by atoms with Gasteiger partial charge in [0.15, 0.2) is 0 Å². The molecule has 0 heterocycles. The van der Waals surface area contributed by atoms with Gasteiger partial charge < -0.3 is 10.1 Å². The first-order valence-corrected chi connectivity index (χ1v) is 5.86. The number of hydrogen-bond acceptors (Lipinski definition) is 3. The third-order valence-electron chi connectivity index (χ3n) is 3.03. The summed E-state index contributed by atoms with van der Waals surface area (Å²) < 4.78 is 5.79. The molecule has 0 aliphatic rings. The molecule has 0 saturated carbocycles. The predicted molar refractivity (Wildman–Crippen MR) is 69.2 cm³/mol. The Hall–Kier alpha value is -1.53. The van der Waals surface area contributed by atoms with Crippen molar-refractivity contribution in [1.29, 1.82) is 5.26 Å². The van der Waals surface area contributed by atoms with Gasteiger partial charge in [0, 0.05) is 6.42 Å². The number of ether oxygens (including phenoxy) is 1. The van der Waals surface area contributed by atoms with Crippen molar-refractivity contribution in [2.45, 2.75) is 33.2 Å². The van der Waals surface area contributed by atoms with Gasteiger partial charge in [0.05, 0.1) is 18.7 Å². The average molecular weight is 232 g/mol. The fraction of sp³-hybridized carbons (Fsp3) is 0.500. The van der Waals surface area contributed by atoms with Crippen molar-refractivity contribution in [1.82, 2.24) is 5.32 Å². The van der Waals surface area contributed by atoms with Gasteiger partial charge in [0.2, 0.25) is 0 Å². The van der Waals surface area contributed by atoms with Crippen molar-refractivity contribution in [2.75, 3.05) is 13.7 Å². The summed E-state index contributed by atoms with van der Waals surface area (Å²) in [7, 11) is 1.79. The number of hydrogen-bond donors (Lipinski definition) is 1. The maximum absolute atomic E-state index is 8.81. The molecule has 0 aromatic heterocycles. The van der Waals surface area contributed by atoms with Crippen LogP contribution in [0.15, 0.2) is 12.1 Å². The molecule has 0 bridgehead atoms. The lowest BCUT2D eigenvalue weighted by molar-refractivity contribution is 0.296. The van der Waals surface area contributed by atoms with E-state index in [4.69, 9.17) is 10.00 Å². The fourth-order valence-electron chi connectivity index (χ4n) is 1.70. The number of nitriles is 1.